The van der Waals surface area contributed by atoms with Crippen LogP contribution in [0.25, 0.3) is 0 Å². The maximum absolute atomic E-state index is 14.4. The van der Waals surface area contributed by atoms with E-state index in [9.17, 15) is 13.2 Å². The second-order valence-electron chi connectivity index (χ2n) is 11.4. The van der Waals surface area contributed by atoms with Crippen LogP contribution in [0.5, 0.6) is 0 Å². The molecular formula is C40H41F3N2. The van der Waals surface area contributed by atoms with Crippen LogP contribution in [0.15, 0.2) is 133 Å². The summed E-state index contributed by atoms with van der Waals surface area (Å²) in [6.45, 7) is 6.06. The molecule has 0 radical (unpaired) electrons. The fourth-order valence-electron chi connectivity index (χ4n) is 5.91. The Labute approximate surface area is 265 Å². The summed E-state index contributed by atoms with van der Waals surface area (Å²) in [5.74, 6) is -0.590. The number of benzene rings is 5. The van der Waals surface area contributed by atoms with E-state index in [1.807, 2.05) is 84.9 Å². The molecule has 5 aromatic carbocycles. The number of hydrogen-bond acceptors (Lipinski definition) is 2. The van der Waals surface area contributed by atoms with Crippen molar-refractivity contribution in [2.75, 3.05) is 22.9 Å². The Kier molecular flexibility index (Phi) is 10.6. The van der Waals surface area contributed by atoms with Gasteiger partial charge in [-0.2, -0.15) is 13.2 Å². The summed E-state index contributed by atoms with van der Waals surface area (Å²) in [6, 6.07) is 42.5. The Morgan fingerprint density at radius 2 is 0.867 bits per heavy atom. The number of halogens is 3. The van der Waals surface area contributed by atoms with Crippen molar-refractivity contribution < 1.29 is 13.2 Å². The van der Waals surface area contributed by atoms with Crippen LogP contribution < -0.4 is 9.80 Å². The molecule has 0 atom stereocenters. The first-order chi connectivity index (χ1) is 21.9. The van der Waals surface area contributed by atoms with Crippen molar-refractivity contribution in [2.24, 2.45) is 0 Å². The lowest BCUT2D eigenvalue weighted by Crippen LogP contribution is -2.19. The van der Waals surface area contributed by atoms with Crippen molar-refractivity contribution in [3.63, 3.8) is 0 Å². The molecule has 232 valence electrons. The zero-order chi connectivity index (χ0) is 31.6. The van der Waals surface area contributed by atoms with Crippen LogP contribution in [0.4, 0.5) is 35.9 Å². The van der Waals surface area contributed by atoms with E-state index in [1.165, 1.54) is 12.1 Å². The number of anilines is 4. The average molecular weight is 607 g/mol. The Morgan fingerprint density at radius 1 is 0.489 bits per heavy atom. The van der Waals surface area contributed by atoms with Crippen molar-refractivity contribution in [1.29, 1.82) is 0 Å². The van der Waals surface area contributed by atoms with Gasteiger partial charge < -0.3 is 9.80 Å². The van der Waals surface area contributed by atoms with Crippen LogP contribution in [0.3, 0.4) is 0 Å². The molecule has 5 heteroatoms. The van der Waals surface area contributed by atoms with Crippen molar-refractivity contribution >= 4 is 22.7 Å². The van der Waals surface area contributed by atoms with Gasteiger partial charge in [-0.3, -0.25) is 0 Å². The number of nitrogens with zero attached hydrogens (tertiary/aromatic N) is 2. The van der Waals surface area contributed by atoms with Gasteiger partial charge in [0.25, 0.3) is 0 Å². The Morgan fingerprint density at radius 3 is 1.27 bits per heavy atom. The van der Waals surface area contributed by atoms with E-state index >= 15 is 0 Å². The van der Waals surface area contributed by atoms with Crippen LogP contribution in [-0.4, -0.2) is 13.1 Å². The number of hydrogen-bond donors (Lipinski definition) is 0. The van der Waals surface area contributed by atoms with Gasteiger partial charge >= 0.3 is 6.18 Å². The third-order valence-corrected chi connectivity index (χ3v) is 8.26. The summed E-state index contributed by atoms with van der Waals surface area (Å²) in [5.41, 5.74) is 5.51. The maximum atomic E-state index is 14.4. The summed E-state index contributed by atoms with van der Waals surface area (Å²) >= 11 is 0. The van der Waals surface area contributed by atoms with Gasteiger partial charge in [0.2, 0.25) is 0 Å². The van der Waals surface area contributed by atoms with E-state index in [0.717, 1.165) is 72.6 Å². The molecule has 0 aliphatic carbocycles. The number of alkyl halides is 3. The highest BCUT2D eigenvalue weighted by atomic mass is 19.4. The summed E-state index contributed by atoms with van der Waals surface area (Å²) in [7, 11) is 0. The molecule has 0 amide bonds. The van der Waals surface area contributed by atoms with E-state index < -0.39 is 17.7 Å². The summed E-state index contributed by atoms with van der Waals surface area (Å²) in [6.07, 6.45) is -0.281. The van der Waals surface area contributed by atoms with E-state index in [2.05, 4.69) is 47.9 Å². The van der Waals surface area contributed by atoms with Crippen molar-refractivity contribution in [2.45, 2.75) is 51.6 Å². The summed E-state index contributed by atoms with van der Waals surface area (Å²) in [4.78, 5) is 4.55. The normalized spacial score (nSPS) is 11.5. The highest BCUT2D eigenvalue weighted by Gasteiger charge is 2.35. The van der Waals surface area contributed by atoms with Gasteiger partial charge in [-0.15, -0.1) is 0 Å². The zero-order valence-electron chi connectivity index (χ0n) is 26.1. The molecule has 45 heavy (non-hydrogen) atoms. The fraction of sp³-hybridized carbons (Fsp3) is 0.250. The molecule has 0 heterocycles. The molecule has 0 aliphatic rings. The molecular weight excluding hydrogens is 565 g/mol. The monoisotopic (exact) mass is 606 g/mol. The lowest BCUT2D eigenvalue weighted by atomic mass is 9.82. The molecule has 0 aliphatic heterocycles. The topological polar surface area (TPSA) is 6.48 Å². The first-order valence-corrected chi connectivity index (χ1v) is 15.9. The standard InChI is InChI=1S/C40H41F3N2/c1-3-5-29-44(33-15-9-7-10-16-33)35-25-21-31(22-26-35)39(37-19-13-14-20-38(37)40(41,42)43)32-23-27-36(28-24-32)45(30-6-4-2)34-17-11-8-12-18-34/h7-28,39H,3-6,29-30H2,1-2H3. The number of para-hydroxylation sites is 2. The zero-order valence-corrected chi connectivity index (χ0v) is 26.1. The lowest BCUT2D eigenvalue weighted by molar-refractivity contribution is -0.138. The van der Waals surface area contributed by atoms with Crippen molar-refractivity contribution in [1.82, 2.24) is 0 Å². The molecule has 0 bridgehead atoms. The third-order valence-electron chi connectivity index (χ3n) is 8.26. The van der Waals surface area contributed by atoms with Crippen molar-refractivity contribution in [3.05, 3.63) is 156 Å². The first-order valence-electron chi connectivity index (χ1n) is 15.9. The second kappa shape index (κ2) is 15.0. The van der Waals surface area contributed by atoms with Gasteiger partial charge in [-0.05, 0) is 84.1 Å². The molecule has 0 unspecified atom stereocenters. The molecule has 0 N–H and O–H groups in total. The predicted octanol–water partition coefficient (Wildman–Crippen LogP) is 11.8. The second-order valence-corrected chi connectivity index (χ2v) is 11.4. The minimum Gasteiger partial charge on any atom is -0.341 e. The van der Waals surface area contributed by atoms with Gasteiger partial charge in [0.05, 0.1) is 5.56 Å². The van der Waals surface area contributed by atoms with Crippen LogP contribution in [0.1, 0.15) is 67.7 Å². The number of rotatable bonds is 13. The summed E-state index contributed by atoms with van der Waals surface area (Å²) in [5, 5.41) is 0. The van der Waals surface area contributed by atoms with E-state index in [-0.39, 0.29) is 5.56 Å². The van der Waals surface area contributed by atoms with Crippen LogP contribution in [0, 0.1) is 0 Å². The molecule has 5 aromatic rings. The number of unbranched alkanes of at least 4 members (excludes halogenated alkanes) is 2. The maximum Gasteiger partial charge on any atom is 0.416 e. The van der Waals surface area contributed by atoms with Crippen molar-refractivity contribution in [3.8, 4) is 0 Å². The molecule has 0 saturated heterocycles. The average Bonchev–Trinajstić information content (AvgIpc) is 3.07. The predicted molar refractivity (Wildman–Crippen MR) is 182 cm³/mol. The van der Waals surface area contributed by atoms with Gasteiger partial charge in [0, 0.05) is 41.8 Å². The Hall–Kier alpha value is -4.51. The Bertz CT molecular complexity index is 1500. The van der Waals surface area contributed by atoms with E-state index in [0.29, 0.717) is 0 Å². The third kappa shape index (κ3) is 7.78. The van der Waals surface area contributed by atoms with E-state index in [1.54, 1.807) is 12.1 Å². The Balaban J connectivity index is 1.56. The first kappa shape index (κ1) is 31.9. The molecule has 0 aromatic heterocycles. The summed E-state index contributed by atoms with van der Waals surface area (Å²) < 4.78 is 43.1. The van der Waals surface area contributed by atoms with Gasteiger partial charge in [0.15, 0.2) is 0 Å². The minimum atomic E-state index is -4.47. The SMILES string of the molecule is CCCCN(c1ccccc1)c1ccc(C(c2ccc(N(CCCC)c3ccccc3)cc2)c2ccccc2C(F)(F)F)cc1. The largest absolute Gasteiger partial charge is 0.416 e. The van der Waals surface area contributed by atoms with Crippen LogP contribution in [-0.2, 0) is 6.18 Å². The molecule has 0 fully saturated rings. The van der Waals surface area contributed by atoms with Gasteiger partial charge in [-0.25, -0.2) is 0 Å². The minimum absolute atomic E-state index is 0.252. The quantitative estimate of drug-likeness (QED) is 0.123. The fourth-order valence-corrected chi connectivity index (χ4v) is 5.91. The van der Waals surface area contributed by atoms with Crippen LogP contribution in [0.2, 0.25) is 0 Å². The van der Waals surface area contributed by atoms with Gasteiger partial charge in [0.1, 0.15) is 0 Å². The van der Waals surface area contributed by atoms with Gasteiger partial charge in [-0.1, -0.05) is 106 Å². The van der Waals surface area contributed by atoms with E-state index in [4.69, 9.17) is 0 Å². The molecule has 2 nitrogen and oxygen atoms in total. The highest BCUT2D eigenvalue weighted by Crippen LogP contribution is 2.42. The molecule has 5 rings (SSSR count). The highest BCUT2D eigenvalue weighted by molar-refractivity contribution is 5.66. The van der Waals surface area contributed by atoms with Crippen LogP contribution >= 0.6 is 0 Å². The molecule has 0 spiro atoms. The smallest absolute Gasteiger partial charge is 0.341 e. The molecule has 0 saturated carbocycles. The lowest BCUT2D eigenvalue weighted by Gasteiger charge is -2.28.